The van der Waals surface area contributed by atoms with E-state index in [1.54, 1.807) is 10.6 Å². The topological polar surface area (TPSA) is 7.12 Å². The summed E-state index contributed by atoms with van der Waals surface area (Å²) in [5, 5.41) is 2.27. The van der Waals surface area contributed by atoms with Crippen molar-refractivity contribution in [2.75, 3.05) is 13.1 Å². The molecule has 0 saturated heterocycles. The van der Waals surface area contributed by atoms with Gasteiger partial charge < -0.3 is 4.90 Å². The number of benzene rings is 2. The maximum atomic E-state index is 14.6. The van der Waals surface area contributed by atoms with Crippen molar-refractivity contribution in [3.8, 4) is 0 Å². The van der Waals surface area contributed by atoms with Crippen LogP contribution in [0.3, 0.4) is 0 Å². The number of halogens is 2. The fraction of sp³-hybridized carbons (Fsp3) is 0.370. The minimum absolute atomic E-state index is 0.00300. The van der Waals surface area contributed by atoms with Gasteiger partial charge in [-0.2, -0.15) is 13.3 Å². The van der Waals surface area contributed by atoms with Crippen LogP contribution in [0.2, 0.25) is 0 Å². The predicted octanol–water partition coefficient (Wildman–Crippen LogP) is 6.39. The van der Waals surface area contributed by atoms with E-state index in [4.69, 9.17) is 0 Å². The van der Waals surface area contributed by atoms with Gasteiger partial charge in [-0.15, -0.1) is 0 Å². The van der Waals surface area contributed by atoms with Crippen molar-refractivity contribution < 1.29 is 13.3 Å². The molecule has 31 heavy (non-hydrogen) atoms. The third-order valence-corrected chi connectivity index (χ3v) is 6.01. The number of aryl methyl sites for hydroxylation is 2. The van der Waals surface area contributed by atoms with Crippen LogP contribution in [-0.4, -0.2) is 24.0 Å². The first-order valence-electron chi connectivity index (χ1n) is 11.2. The third kappa shape index (κ3) is 5.98. The van der Waals surface area contributed by atoms with Crippen molar-refractivity contribution in [2.24, 2.45) is 0 Å². The van der Waals surface area contributed by atoms with Gasteiger partial charge in [0.15, 0.2) is 11.6 Å². The number of pyridine rings is 1. The number of rotatable bonds is 9. The molecule has 0 spiro atoms. The summed E-state index contributed by atoms with van der Waals surface area (Å²) < 4.78 is 30.8. The van der Waals surface area contributed by atoms with E-state index in [-0.39, 0.29) is 5.56 Å². The molecule has 0 N–H and O–H groups in total. The highest BCUT2D eigenvalue weighted by atomic mass is 19.1. The molecule has 0 amide bonds. The van der Waals surface area contributed by atoms with Gasteiger partial charge in [-0.05, 0) is 61.8 Å². The molecule has 2 aromatic carbocycles. The van der Waals surface area contributed by atoms with Crippen molar-refractivity contribution in [2.45, 2.75) is 53.1 Å². The van der Waals surface area contributed by atoms with E-state index in [2.05, 4.69) is 50.8 Å². The predicted molar refractivity (Wildman–Crippen MR) is 126 cm³/mol. The highest BCUT2D eigenvalue weighted by Crippen LogP contribution is 2.20. The summed E-state index contributed by atoms with van der Waals surface area (Å²) in [5.41, 5.74) is 2.12. The Morgan fingerprint density at radius 3 is 2.26 bits per heavy atom. The fourth-order valence-electron chi connectivity index (χ4n) is 4.14. The quantitative estimate of drug-likeness (QED) is 0.362. The zero-order valence-corrected chi connectivity index (χ0v) is 19.0. The molecule has 0 aliphatic carbocycles. The summed E-state index contributed by atoms with van der Waals surface area (Å²) in [5.74, 6) is -1.08. The Labute approximate surface area is 184 Å². The Hall–Kier alpha value is -2.59. The number of nitrogens with zero attached hydrogens (tertiary/aromatic N) is 2. The van der Waals surface area contributed by atoms with Gasteiger partial charge in [-0.1, -0.05) is 55.8 Å². The minimum Gasteiger partial charge on any atom is -0.301 e. The monoisotopic (exact) mass is 423 g/mol. The van der Waals surface area contributed by atoms with Crippen molar-refractivity contribution in [3.05, 3.63) is 77.1 Å². The molecule has 2 nitrogen and oxygen atoms in total. The van der Waals surface area contributed by atoms with Gasteiger partial charge in [0.05, 0.1) is 5.56 Å². The van der Waals surface area contributed by atoms with Crippen molar-refractivity contribution in [1.82, 2.24) is 4.90 Å². The lowest BCUT2D eigenvalue weighted by Gasteiger charge is -2.25. The summed E-state index contributed by atoms with van der Waals surface area (Å²) in [4.78, 5) is 2.40. The Kier molecular flexibility index (Phi) is 7.91. The first-order chi connectivity index (χ1) is 14.9. The highest BCUT2D eigenvalue weighted by Gasteiger charge is 2.16. The Morgan fingerprint density at radius 2 is 1.58 bits per heavy atom. The fourth-order valence-corrected chi connectivity index (χ4v) is 4.14. The van der Waals surface area contributed by atoms with Crippen molar-refractivity contribution in [1.29, 1.82) is 0 Å². The molecule has 1 atom stereocenters. The molecule has 0 fully saturated rings. The number of hydrogen-bond acceptors (Lipinski definition) is 1. The van der Waals surface area contributed by atoms with E-state index < -0.39 is 11.6 Å². The van der Waals surface area contributed by atoms with Crippen LogP contribution in [0.25, 0.3) is 22.9 Å². The molecule has 164 valence electrons. The molecular formula is C27H33F2N2+. The van der Waals surface area contributed by atoms with Crippen LogP contribution in [0.5, 0.6) is 0 Å². The van der Waals surface area contributed by atoms with Gasteiger partial charge in [0, 0.05) is 12.5 Å². The summed E-state index contributed by atoms with van der Waals surface area (Å²) in [6, 6.07) is 12.8. The zero-order chi connectivity index (χ0) is 22.4. The highest BCUT2D eigenvalue weighted by molar-refractivity contribution is 5.86. The average molecular weight is 424 g/mol. The lowest BCUT2D eigenvalue weighted by atomic mass is 10.0. The number of hydrogen-bond donors (Lipinski definition) is 0. The van der Waals surface area contributed by atoms with Crippen LogP contribution < -0.4 is 4.57 Å². The van der Waals surface area contributed by atoms with Crippen molar-refractivity contribution >= 4 is 22.9 Å². The zero-order valence-electron chi connectivity index (χ0n) is 19.0. The largest absolute Gasteiger partial charge is 0.301 e. The minimum atomic E-state index is -0.538. The van der Waals surface area contributed by atoms with Crippen LogP contribution in [0.15, 0.2) is 48.8 Å². The summed E-state index contributed by atoms with van der Waals surface area (Å²) in [6.45, 7) is 11.2. The van der Waals surface area contributed by atoms with Crippen LogP contribution in [-0.2, 0) is 6.54 Å². The molecule has 1 unspecified atom stereocenters. The summed E-state index contributed by atoms with van der Waals surface area (Å²) >= 11 is 0. The Balaban J connectivity index is 1.68. The summed E-state index contributed by atoms with van der Waals surface area (Å²) in [6.07, 6.45) is 7.96. The molecule has 4 heteroatoms. The second kappa shape index (κ2) is 10.6. The van der Waals surface area contributed by atoms with Gasteiger partial charge in [-0.3, -0.25) is 0 Å². The van der Waals surface area contributed by atoms with E-state index in [9.17, 15) is 8.78 Å². The second-order valence-electron chi connectivity index (χ2n) is 8.26. The van der Waals surface area contributed by atoms with Gasteiger partial charge in [-0.25, -0.2) is 0 Å². The molecule has 1 heterocycles. The Bertz CT molecular complexity index is 1030. The van der Waals surface area contributed by atoms with Gasteiger partial charge in [0.25, 0.3) is 0 Å². The van der Waals surface area contributed by atoms with E-state index in [1.165, 1.54) is 24.0 Å². The smallest absolute Gasteiger partial charge is 0.205 e. The summed E-state index contributed by atoms with van der Waals surface area (Å²) in [7, 11) is 0. The van der Waals surface area contributed by atoms with Crippen LogP contribution in [0.4, 0.5) is 8.78 Å². The standard InChI is InChI=1S/C27H33F2N2/c1-5-31(6-2)21(4)8-7-15-30-18-26(28)25(27(29)19-30)14-11-22-10-13-23-16-20(3)9-12-24(23)17-22/h9-14,16-19,21H,5-8,15H2,1-4H3/q+1/b14-11+. The van der Waals surface area contributed by atoms with Crippen LogP contribution in [0.1, 0.15) is 50.3 Å². The van der Waals surface area contributed by atoms with Gasteiger partial charge >= 0.3 is 0 Å². The number of fused-ring (bicyclic) bond motifs is 1. The van der Waals surface area contributed by atoms with E-state index in [0.717, 1.165) is 42.3 Å². The van der Waals surface area contributed by atoms with Crippen molar-refractivity contribution in [3.63, 3.8) is 0 Å². The lowest BCUT2D eigenvalue weighted by molar-refractivity contribution is -0.700. The molecule has 0 aliphatic rings. The molecule has 0 radical (unpaired) electrons. The molecule has 1 aromatic heterocycles. The molecule has 0 aliphatic heterocycles. The van der Waals surface area contributed by atoms with Gasteiger partial charge in [0.2, 0.25) is 12.4 Å². The van der Waals surface area contributed by atoms with Crippen LogP contribution >= 0.6 is 0 Å². The first kappa shape index (κ1) is 23.1. The van der Waals surface area contributed by atoms with Gasteiger partial charge in [0.1, 0.15) is 6.54 Å². The molecule has 0 saturated carbocycles. The maximum Gasteiger partial charge on any atom is 0.205 e. The second-order valence-corrected chi connectivity index (χ2v) is 8.26. The SMILES string of the molecule is CCN(CC)C(C)CCC[n+]1cc(F)c(/C=C/c2ccc3cc(C)ccc3c2)c(F)c1. The maximum absolute atomic E-state index is 14.6. The lowest BCUT2D eigenvalue weighted by Crippen LogP contribution is -2.37. The molecular weight excluding hydrogens is 390 g/mol. The van der Waals surface area contributed by atoms with E-state index in [0.29, 0.717) is 12.6 Å². The Morgan fingerprint density at radius 1 is 0.935 bits per heavy atom. The molecule has 3 aromatic rings. The number of aromatic nitrogens is 1. The normalized spacial score (nSPS) is 12.9. The van der Waals surface area contributed by atoms with E-state index in [1.807, 2.05) is 18.2 Å². The van der Waals surface area contributed by atoms with E-state index >= 15 is 0 Å². The third-order valence-electron chi connectivity index (χ3n) is 6.01. The molecule has 0 bridgehead atoms. The van der Waals surface area contributed by atoms with Crippen LogP contribution in [0, 0.1) is 18.6 Å². The molecule has 3 rings (SSSR count). The first-order valence-corrected chi connectivity index (χ1v) is 11.2. The average Bonchev–Trinajstić information content (AvgIpc) is 2.74.